The van der Waals surface area contributed by atoms with Gasteiger partial charge in [0.25, 0.3) is 5.91 Å². The standard InChI is InChI=1S/C24H34ClN7O2S/c1-17(2)7-6-8-20(25)16-27-23(34)18(3)35-24(26-5)30-21-15-22(29-19(4)28-21)32-11-9-31(10-12-32)13-14-33/h6-8,15-16,33H,3,9-14H2,1-2,4-5H3,(H,27,34)(H,26,28,29,30)/b8-6-,20-16-. The van der Waals surface area contributed by atoms with E-state index in [-0.39, 0.29) is 17.4 Å². The van der Waals surface area contributed by atoms with Crippen molar-refractivity contribution in [2.75, 3.05) is 56.6 Å². The van der Waals surface area contributed by atoms with Crippen molar-refractivity contribution in [1.82, 2.24) is 20.2 Å². The zero-order valence-electron chi connectivity index (χ0n) is 20.7. The number of carbonyl (C=O) groups is 1. The van der Waals surface area contributed by atoms with E-state index in [2.05, 4.69) is 42.0 Å². The first-order valence-electron chi connectivity index (χ1n) is 11.2. The van der Waals surface area contributed by atoms with Gasteiger partial charge in [0, 0.05) is 52.0 Å². The second-order valence-electron chi connectivity index (χ2n) is 8.00. The zero-order valence-corrected chi connectivity index (χ0v) is 22.3. The number of amidine groups is 1. The Bertz CT molecular complexity index is 1010. The van der Waals surface area contributed by atoms with Crippen LogP contribution in [0.2, 0.25) is 0 Å². The van der Waals surface area contributed by atoms with Crippen LogP contribution >= 0.6 is 23.4 Å². The summed E-state index contributed by atoms with van der Waals surface area (Å²) in [5.74, 6) is 1.65. The van der Waals surface area contributed by atoms with Gasteiger partial charge in [0.15, 0.2) is 5.17 Å². The maximum absolute atomic E-state index is 12.4. The number of thioether (sulfide) groups is 1. The number of halogens is 1. The molecule has 1 aromatic rings. The number of amides is 1. The minimum absolute atomic E-state index is 0.164. The number of nitrogens with one attached hydrogen (secondary N) is 2. The van der Waals surface area contributed by atoms with Crippen LogP contribution in [0.25, 0.3) is 0 Å². The molecular formula is C24H34ClN7O2S. The second-order valence-corrected chi connectivity index (χ2v) is 9.52. The topological polar surface area (TPSA) is 106 Å². The van der Waals surface area contributed by atoms with Gasteiger partial charge in [-0.3, -0.25) is 14.7 Å². The van der Waals surface area contributed by atoms with Crippen molar-refractivity contribution < 1.29 is 9.90 Å². The Labute approximate surface area is 216 Å². The van der Waals surface area contributed by atoms with Gasteiger partial charge in [-0.05, 0) is 38.6 Å². The molecule has 1 amide bonds. The monoisotopic (exact) mass is 519 g/mol. The van der Waals surface area contributed by atoms with E-state index in [1.54, 1.807) is 13.1 Å². The van der Waals surface area contributed by atoms with Crippen molar-refractivity contribution in [3.63, 3.8) is 0 Å². The quantitative estimate of drug-likeness (QED) is 0.197. The van der Waals surface area contributed by atoms with Gasteiger partial charge in [0.1, 0.15) is 17.5 Å². The van der Waals surface area contributed by atoms with E-state index in [0.717, 1.165) is 49.3 Å². The third-order valence-electron chi connectivity index (χ3n) is 4.87. The Morgan fingerprint density at radius 1 is 1.31 bits per heavy atom. The van der Waals surface area contributed by atoms with Crippen molar-refractivity contribution in [2.45, 2.75) is 20.8 Å². The fraction of sp³-hybridized carbons (Fsp3) is 0.417. The number of hydrogen-bond donors (Lipinski definition) is 3. The van der Waals surface area contributed by atoms with E-state index in [9.17, 15) is 4.79 Å². The summed E-state index contributed by atoms with van der Waals surface area (Å²) in [5, 5.41) is 15.8. The molecule has 0 radical (unpaired) electrons. The van der Waals surface area contributed by atoms with Gasteiger partial charge in [-0.25, -0.2) is 9.97 Å². The number of allylic oxidation sites excluding steroid dienone is 5. The first-order valence-corrected chi connectivity index (χ1v) is 12.4. The van der Waals surface area contributed by atoms with E-state index in [1.165, 1.54) is 6.20 Å². The van der Waals surface area contributed by atoms with Gasteiger partial charge in [-0.15, -0.1) is 0 Å². The SMILES string of the molecule is C=C(SC(=NC)Nc1cc(N2CCN(CCO)CC2)nc(C)n1)C(=O)N/C=C(Cl)/C=C\C=C(C)C. The summed E-state index contributed by atoms with van der Waals surface area (Å²) < 4.78 is 0. The normalized spacial score (nSPS) is 15.3. The number of hydrogen-bond acceptors (Lipinski definition) is 8. The highest BCUT2D eigenvalue weighted by molar-refractivity contribution is 8.18. The lowest BCUT2D eigenvalue weighted by atomic mass is 10.3. The first kappa shape index (κ1) is 28.6. The number of aryl methyl sites for hydroxylation is 1. The molecule has 1 aliphatic rings. The molecule has 0 spiro atoms. The molecule has 11 heteroatoms. The maximum Gasteiger partial charge on any atom is 0.261 e. The summed E-state index contributed by atoms with van der Waals surface area (Å²) in [6.45, 7) is 13.8. The van der Waals surface area contributed by atoms with Gasteiger partial charge in [0.05, 0.1) is 16.5 Å². The lowest BCUT2D eigenvalue weighted by Crippen LogP contribution is -2.47. The molecule has 0 bridgehead atoms. The Kier molecular flexibility index (Phi) is 12.0. The van der Waals surface area contributed by atoms with Crippen LogP contribution in [0.4, 0.5) is 11.6 Å². The Hall–Kier alpha value is -2.66. The number of piperazine rings is 1. The van der Waals surface area contributed by atoms with E-state index in [1.807, 2.05) is 39.0 Å². The van der Waals surface area contributed by atoms with Gasteiger partial charge >= 0.3 is 0 Å². The smallest absolute Gasteiger partial charge is 0.261 e. The molecule has 0 saturated carbocycles. The molecule has 2 rings (SSSR count). The average molecular weight is 520 g/mol. The van der Waals surface area contributed by atoms with Crippen LogP contribution < -0.4 is 15.5 Å². The van der Waals surface area contributed by atoms with Crippen molar-refractivity contribution in [3.05, 3.63) is 58.4 Å². The molecule has 9 nitrogen and oxygen atoms in total. The third kappa shape index (κ3) is 10.2. The average Bonchev–Trinajstić information content (AvgIpc) is 2.82. The van der Waals surface area contributed by atoms with Crippen LogP contribution in [0.5, 0.6) is 0 Å². The number of aliphatic hydroxyl groups is 1. The Morgan fingerprint density at radius 3 is 2.66 bits per heavy atom. The summed E-state index contributed by atoms with van der Waals surface area (Å²) in [5.41, 5.74) is 1.14. The van der Waals surface area contributed by atoms with Crippen LogP contribution in [0.3, 0.4) is 0 Å². The van der Waals surface area contributed by atoms with Crippen LogP contribution in [0.1, 0.15) is 19.7 Å². The summed E-state index contributed by atoms with van der Waals surface area (Å²) >= 11 is 7.20. The van der Waals surface area contributed by atoms with Gasteiger partial charge in [-0.1, -0.05) is 35.9 Å². The number of β-amino-alcohol motifs (C(OH)–C–C–N with tert-alkyl or cyclic N) is 1. The molecule has 1 saturated heterocycles. The number of aliphatic imine (C=N–C) groups is 1. The zero-order chi connectivity index (χ0) is 25.8. The maximum atomic E-state index is 12.4. The Morgan fingerprint density at radius 2 is 2.03 bits per heavy atom. The summed E-state index contributed by atoms with van der Waals surface area (Å²) in [7, 11) is 1.63. The minimum Gasteiger partial charge on any atom is -0.395 e. The molecule has 0 atom stereocenters. The molecule has 3 N–H and O–H groups in total. The highest BCUT2D eigenvalue weighted by atomic mass is 35.5. The van der Waals surface area contributed by atoms with Crippen LogP contribution in [-0.4, -0.2) is 77.4 Å². The molecule has 0 unspecified atom stereocenters. The van der Waals surface area contributed by atoms with Gasteiger partial charge in [-0.2, -0.15) is 0 Å². The number of aromatic nitrogens is 2. The number of aliphatic hydroxyl groups excluding tert-OH is 1. The number of carbonyl (C=O) groups excluding carboxylic acids is 1. The van der Waals surface area contributed by atoms with Crippen LogP contribution in [0, 0.1) is 6.92 Å². The number of anilines is 2. The molecule has 1 fully saturated rings. The molecule has 2 heterocycles. The van der Waals surface area contributed by atoms with E-state index in [4.69, 9.17) is 16.7 Å². The molecule has 35 heavy (non-hydrogen) atoms. The first-order chi connectivity index (χ1) is 16.7. The van der Waals surface area contributed by atoms with Crippen LogP contribution in [0.15, 0.2) is 57.6 Å². The van der Waals surface area contributed by atoms with E-state index < -0.39 is 0 Å². The number of rotatable bonds is 9. The predicted octanol–water partition coefficient (Wildman–Crippen LogP) is 3.26. The highest BCUT2D eigenvalue weighted by Crippen LogP contribution is 2.21. The van der Waals surface area contributed by atoms with Gasteiger partial charge < -0.3 is 20.6 Å². The molecule has 0 aliphatic carbocycles. The summed E-state index contributed by atoms with van der Waals surface area (Å²) in [6.07, 6.45) is 6.83. The lowest BCUT2D eigenvalue weighted by Gasteiger charge is -2.35. The summed E-state index contributed by atoms with van der Waals surface area (Å²) in [4.78, 5) is 30.3. The number of nitrogens with zero attached hydrogens (tertiary/aromatic N) is 5. The summed E-state index contributed by atoms with van der Waals surface area (Å²) in [6, 6.07) is 1.87. The fourth-order valence-electron chi connectivity index (χ4n) is 3.12. The van der Waals surface area contributed by atoms with E-state index >= 15 is 0 Å². The van der Waals surface area contributed by atoms with Crippen molar-refractivity contribution in [1.29, 1.82) is 0 Å². The molecular weight excluding hydrogens is 486 g/mol. The molecule has 0 aromatic carbocycles. The predicted molar refractivity (Wildman–Crippen MR) is 147 cm³/mol. The van der Waals surface area contributed by atoms with Crippen molar-refractivity contribution >= 4 is 46.1 Å². The Balaban J connectivity index is 1.97. The van der Waals surface area contributed by atoms with Gasteiger partial charge in [0.2, 0.25) is 0 Å². The molecule has 1 aliphatic heterocycles. The van der Waals surface area contributed by atoms with E-state index in [0.29, 0.717) is 28.4 Å². The fourth-order valence-corrected chi connectivity index (χ4v) is 3.87. The van der Waals surface area contributed by atoms with Crippen LogP contribution in [-0.2, 0) is 4.79 Å². The highest BCUT2D eigenvalue weighted by Gasteiger charge is 2.19. The molecule has 190 valence electrons. The second kappa shape index (κ2) is 14.7. The lowest BCUT2D eigenvalue weighted by molar-refractivity contribution is -0.115. The third-order valence-corrected chi connectivity index (χ3v) is 6.02. The van der Waals surface area contributed by atoms with Crippen molar-refractivity contribution in [2.24, 2.45) is 4.99 Å². The largest absolute Gasteiger partial charge is 0.395 e. The minimum atomic E-state index is -0.382. The van der Waals surface area contributed by atoms with Crippen molar-refractivity contribution in [3.8, 4) is 0 Å². The molecule has 1 aromatic heterocycles.